The predicted molar refractivity (Wildman–Crippen MR) is 65.6 cm³/mol. The number of nitrogens with zero attached hydrogens (tertiary/aromatic N) is 2. The van der Waals surface area contributed by atoms with Crippen molar-refractivity contribution in [1.82, 2.24) is 5.32 Å². The minimum absolute atomic E-state index is 0.0915. The van der Waals surface area contributed by atoms with E-state index < -0.39 is 0 Å². The van der Waals surface area contributed by atoms with Gasteiger partial charge in [-0.15, -0.1) is 0 Å². The summed E-state index contributed by atoms with van der Waals surface area (Å²) >= 11 is 0. The molecular weight excluding hydrogens is 214 g/mol. The van der Waals surface area contributed by atoms with Crippen molar-refractivity contribution in [2.75, 3.05) is 18.5 Å². The van der Waals surface area contributed by atoms with Gasteiger partial charge in [-0.3, -0.25) is 4.79 Å². The molecule has 1 heterocycles. The second-order valence-corrected chi connectivity index (χ2v) is 4.14. The highest BCUT2D eigenvalue weighted by atomic mass is 16.2. The molecule has 4 nitrogen and oxygen atoms in total. The Morgan fingerprint density at radius 2 is 2.35 bits per heavy atom. The van der Waals surface area contributed by atoms with Crippen molar-refractivity contribution in [2.45, 2.75) is 18.9 Å². The van der Waals surface area contributed by atoms with E-state index in [0.717, 1.165) is 25.1 Å². The molecular formula is C13H15N3O. The maximum absolute atomic E-state index is 12.1. The summed E-state index contributed by atoms with van der Waals surface area (Å²) in [6.45, 7) is 0.728. The number of nitriles is 1. The summed E-state index contributed by atoms with van der Waals surface area (Å²) in [4.78, 5) is 13.9. The van der Waals surface area contributed by atoms with E-state index in [-0.39, 0.29) is 11.9 Å². The van der Waals surface area contributed by atoms with Gasteiger partial charge in [-0.05, 0) is 38.1 Å². The molecule has 88 valence electrons. The number of carbonyl (C=O) groups is 1. The number of carbonyl (C=O) groups excluding carboxylic acids is 1. The smallest absolute Gasteiger partial charge is 0.244 e. The number of amides is 1. The van der Waals surface area contributed by atoms with Crippen molar-refractivity contribution in [2.24, 2.45) is 0 Å². The van der Waals surface area contributed by atoms with Crippen LogP contribution in [-0.2, 0) is 4.79 Å². The van der Waals surface area contributed by atoms with Crippen molar-refractivity contribution in [3.8, 4) is 6.07 Å². The van der Waals surface area contributed by atoms with Crippen LogP contribution in [-0.4, -0.2) is 25.5 Å². The minimum Gasteiger partial charge on any atom is -0.311 e. The number of anilines is 1. The van der Waals surface area contributed by atoms with Gasteiger partial charge >= 0.3 is 0 Å². The van der Waals surface area contributed by atoms with Gasteiger partial charge in [0, 0.05) is 12.2 Å². The maximum atomic E-state index is 12.1. The second kappa shape index (κ2) is 4.98. The third-order valence-corrected chi connectivity index (χ3v) is 3.07. The molecule has 1 aromatic rings. The highest BCUT2D eigenvalue weighted by molar-refractivity contribution is 5.98. The van der Waals surface area contributed by atoms with Crippen molar-refractivity contribution >= 4 is 11.6 Å². The first-order chi connectivity index (χ1) is 8.26. The van der Waals surface area contributed by atoms with Crippen LogP contribution in [0.3, 0.4) is 0 Å². The Bertz CT molecular complexity index is 464. The number of piperidine rings is 1. The van der Waals surface area contributed by atoms with E-state index in [1.54, 1.807) is 24.1 Å². The lowest BCUT2D eigenvalue weighted by Gasteiger charge is -2.32. The molecule has 0 spiro atoms. The van der Waals surface area contributed by atoms with Crippen LogP contribution in [0.5, 0.6) is 0 Å². The largest absolute Gasteiger partial charge is 0.311 e. The van der Waals surface area contributed by atoms with E-state index in [1.165, 1.54) is 0 Å². The molecule has 1 amide bonds. The van der Waals surface area contributed by atoms with Crippen LogP contribution >= 0.6 is 0 Å². The summed E-state index contributed by atoms with van der Waals surface area (Å²) in [6.07, 6.45) is 1.86. The molecule has 1 aromatic carbocycles. The Morgan fingerprint density at radius 3 is 3.06 bits per heavy atom. The van der Waals surface area contributed by atoms with Crippen LogP contribution in [0.1, 0.15) is 18.4 Å². The molecule has 0 aromatic heterocycles. The third-order valence-electron chi connectivity index (χ3n) is 3.07. The van der Waals surface area contributed by atoms with E-state index in [4.69, 9.17) is 5.26 Å². The zero-order valence-electron chi connectivity index (χ0n) is 9.81. The first kappa shape index (κ1) is 11.6. The summed E-state index contributed by atoms with van der Waals surface area (Å²) in [7, 11) is 1.80. The van der Waals surface area contributed by atoms with Gasteiger partial charge in [0.15, 0.2) is 0 Å². The topological polar surface area (TPSA) is 56.1 Å². The summed E-state index contributed by atoms with van der Waals surface area (Å²) in [5.74, 6) is 0.0915. The van der Waals surface area contributed by atoms with Gasteiger partial charge < -0.3 is 10.2 Å². The molecule has 1 aliphatic heterocycles. The Kier molecular flexibility index (Phi) is 3.40. The predicted octanol–water partition coefficient (Wildman–Crippen LogP) is 1.27. The molecule has 1 saturated heterocycles. The van der Waals surface area contributed by atoms with E-state index in [9.17, 15) is 4.79 Å². The molecule has 1 unspecified atom stereocenters. The normalized spacial score (nSPS) is 20.1. The maximum Gasteiger partial charge on any atom is 0.244 e. The number of nitrogens with one attached hydrogen (secondary N) is 1. The zero-order valence-corrected chi connectivity index (χ0v) is 9.81. The first-order valence-electron chi connectivity index (χ1n) is 5.75. The third kappa shape index (κ3) is 2.29. The number of hydrogen-bond donors (Lipinski definition) is 1. The van der Waals surface area contributed by atoms with E-state index in [1.807, 2.05) is 12.1 Å². The van der Waals surface area contributed by atoms with Gasteiger partial charge in [-0.25, -0.2) is 0 Å². The molecule has 4 heteroatoms. The first-order valence-corrected chi connectivity index (χ1v) is 5.75. The lowest BCUT2D eigenvalue weighted by atomic mass is 10.0. The van der Waals surface area contributed by atoms with Gasteiger partial charge in [-0.1, -0.05) is 6.07 Å². The molecule has 0 aliphatic carbocycles. The molecule has 17 heavy (non-hydrogen) atoms. The number of hydrogen-bond acceptors (Lipinski definition) is 3. The molecule has 1 N–H and O–H groups in total. The fourth-order valence-corrected chi connectivity index (χ4v) is 2.14. The van der Waals surface area contributed by atoms with E-state index in [0.29, 0.717) is 5.56 Å². The molecule has 0 radical (unpaired) electrons. The Labute approximate surface area is 101 Å². The summed E-state index contributed by atoms with van der Waals surface area (Å²) in [5.41, 5.74) is 1.40. The summed E-state index contributed by atoms with van der Waals surface area (Å²) in [6, 6.07) is 9.18. The fraction of sp³-hybridized carbons (Fsp3) is 0.385. The van der Waals surface area contributed by atoms with Crippen molar-refractivity contribution in [3.63, 3.8) is 0 Å². The van der Waals surface area contributed by atoms with Crippen LogP contribution in [0.15, 0.2) is 24.3 Å². The van der Waals surface area contributed by atoms with Crippen LogP contribution in [0.2, 0.25) is 0 Å². The highest BCUT2D eigenvalue weighted by Crippen LogP contribution is 2.21. The number of rotatable bonds is 2. The van der Waals surface area contributed by atoms with Gasteiger partial charge in [0.05, 0.1) is 17.7 Å². The minimum atomic E-state index is -0.102. The van der Waals surface area contributed by atoms with E-state index in [2.05, 4.69) is 11.4 Å². The van der Waals surface area contributed by atoms with Gasteiger partial charge in [-0.2, -0.15) is 5.26 Å². The van der Waals surface area contributed by atoms with Crippen LogP contribution < -0.4 is 10.2 Å². The quantitative estimate of drug-likeness (QED) is 0.831. The number of benzene rings is 1. The lowest BCUT2D eigenvalue weighted by molar-refractivity contribution is -0.121. The van der Waals surface area contributed by atoms with E-state index >= 15 is 0 Å². The van der Waals surface area contributed by atoms with Crippen LogP contribution in [0.4, 0.5) is 5.69 Å². The van der Waals surface area contributed by atoms with Gasteiger partial charge in [0.1, 0.15) is 0 Å². The summed E-state index contributed by atoms with van der Waals surface area (Å²) < 4.78 is 0. The Hall–Kier alpha value is -1.86. The number of likely N-dealkylation sites (N-methyl/N-ethyl adjacent to an activating group) is 1. The van der Waals surface area contributed by atoms with Gasteiger partial charge in [0.2, 0.25) is 5.91 Å². The molecule has 1 aliphatic rings. The molecule has 1 atom stereocenters. The Balaban J connectivity index is 2.26. The molecule has 0 bridgehead atoms. The average Bonchev–Trinajstić information content (AvgIpc) is 2.39. The van der Waals surface area contributed by atoms with Crippen molar-refractivity contribution < 1.29 is 4.79 Å². The SMILES string of the molecule is CNC1CCCN(c2cccc(C#N)c2)C1=O. The molecule has 1 fully saturated rings. The van der Waals surface area contributed by atoms with Crippen LogP contribution in [0, 0.1) is 11.3 Å². The standard InChI is InChI=1S/C13H15N3O/c1-15-12-6-3-7-16(13(12)17)11-5-2-4-10(8-11)9-14/h2,4-5,8,12,15H,3,6-7H2,1H3. The summed E-state index contributed by atoms with van der Waals surface area (Å²) in [5, 5.41) is 11.9. The Morgan fingerprint density at radius 1 is 1.53 bits per heavy atom. The molecule has 2 rings (SSSR count). The second-order valence-electron chi connectivity index (χ2n) is 4.14. The van der Waals surface area contributed by atoms with Crippen molar-refractivity contribution in [3.05, 3.63) is 29.8 Å². The monoisotopic (exact) mass is 229 g/mol. The highest BCUT2D eigenvalue weighted by Gasteiger charge is 2.28. The zero-order chi connectivity index (χ0) is 12.3. The molecule has 0 saturated carbocycles. The van der Waals surface area contributed by atoms with Crippen molar-refractivity contribution in [1.29, 1.82) is 5.26 Å². The lowest BCUT2D eigenvalue weighted by Crippen LogP contribution is -2.49. The average molecular weight is 229 g/mol. The fourth-order valence-electron chi connectivity index (χ4n) is 2.14. The van der Waals surface area contributed by atoms with Gasteiger partial charge in [0.25, 0.3) is 0 Å². The van der Waals surface area contributed by atoms with Crippen LogP contribution in [0.25, 0.3) is 0 Å².